The predicted molar refractivity (Wildman–Crippen MR) is 80.6 cm³/mol. The third-order valence-electron chi connectivity index (χ3n) is 3.08. The van der Waals surface area contributed by atoms with Gasteiger partial charge in [0.05, 0.1) is 6.61 Å². The smallest absolute Gasteiger partial charge is 0.254 e. The van der Waals surface area contributed by atoms with Gasteiger partial charge in [0.2, 0.25) is 0 Å². The van der Waals surface area contributed by atoms with Crippen molar-refractivity contribution >= 4 is 17.3 Å². The molecule has 6 heteroatoms. The van der Waals surface area contributed by atoms with Gasteiger partial charge in [-0.25, -0.2) is 4.98 Å². The average molecular weight is 283 g/mol. The Labute approximate surface area is 122 Å². The molecule has 2 aromatic heterocycles. The SMILES string of the molecule is CCOCc1ccc(Nc2cc(C)nc3ncnn23)cc1. The maximum Gasteiger partial charge on any atom is 0.254 e. The van der Waals surface area contributed by atoms with Crippen LogP contribution in [0.2, 0.25) is 0 Å². The van der Waals surface area contributed by atoms with Crippen molar-refractivity contribution in [3.63, 3.8) is 0 Å². The van der Waals surface area contributed by atoms with Crippen molar-refractivity contribution in [1.82, 2.24) is 19.6 Å². The summed E-state index contributed by atoms with van der Waals surface area (Å²) in [5, 5.41) is 7.51. The van der Waals surface area contributed by atoms with Gasteiger partial charge in [-0.2, -0.15) is 14.6 Å². The molecule has 0 saturated heterocycles. The topological polar surface area (TPSA) is 64.3 Å². The van der Waals surface area contributed by atoms with Crippen LogP contribution in [0.3, 0.4) is 0 Å². The van der Waals surface area contributed by atoms with Gasteiger partial charge in [-0.15, -0.1) is 0 Å². The third-order valence-corrected chi connectivity index (χ3v) is 3.08. The molecule has 0 bridgehead atoms. The quantitative estimate of drug-likeness (QED) is 0.780. The lowest BCUT2D eigenvalue weighted by Gasteiger charge is -2.09. The summed E-state index contributed by atoms with van der Waals surface area (Å²) in [5.41, 5.74) is 3.03. The second-order valence-corrected chi connectivity index (χ2v) is 4.71. The number of rotatable bonds is 5. The minimum absolute atomic E-state index is 0.588. The van der Waals surface area contributed by atoms with Crippen molar-refractivity contribution in [3.8, 4) is 0 Å². The second kappa shape index (κ2) is 5.88. The van der Waals surface area contributed by atoms with Crippen LogP contribution in [-0.4, -0.2) is 26.2 Å². The Bertz CT molecular complexity index is 735. The van der Waals surface area contributed by atoms with E-state index < -0.39 is 0 Å². The van der Waals surface area contributed by atoms with Crippen molar-refractivity contribution in [2.45, 2.75) is 20.5 Å². The summed E-state index contributed by atoms with van der Waals surface area (Å²) in [5.74, 6) is 1.43. The summed E-state index contributed by atoms with van der Waals surface area (Å²) in [6, 6.07) is 10.1. The van der Waals surface area contributed by atoms with E-state index in [2.05, 4.69) is 20.4 Å². The Morgan fingerprint density at radius 3 is 2.81 bits per heavy atom. The summed E-state index contributed by atoms with van der Waals surface area (Å²) in [4.78, 5) is 8.43. The van der Waals surface area contributed by atoms with Crippen LogP contribution in [-0.2, 0) is 11.3 Å². The normalized spacial score (nSPS) is 11.0. The largest absolute Gasteiger partial charge is 0.377 e. The zero-order valence-electron chi connectivity index (χ0n) is 12.1. The molecule has 0 amide bonds. The van der Waals surface area contributed by atoms with Crippen molar-refractivity contribution in [1.29, 1.82) is 0 Å². The van der Waals surface area contributed by atoms with Gasteiger partial charge < -0.3 is 10.1 Å². The summed E-state index contributed by atoms with van der Waals surface area (Å²) in [6.07, 6.45) is 1.50. The molecule has 21 heavy (non-hydrogen) atoms. The number of nitrogens with zero attached hydrogens (tertiary/aromatic N) is 4. The number of anilines is 2. The van der Waals surface area contributed by atoms with E-state index in [1.54, 1.807) is 4.52 Å². The molecule has 0 spiro atoms. The zero-order valence-corrected chi connectivity index (χ0v) is 12.1. The van der Waals surface area contributed by atoms with Crippen LogP contribution in [0.15, 0.2) is 36.7 Å². The average Bonchev–Trinajstić information content (AvgIpc) is 2.95. The monoisotopic (exact) mass is 283 g/mol. The van der Waals surface area contributed by atoms with Crippen LogP contribution in [0.5, 0.6) is 0 Å². The number of hydrogen-bond donors (Lipinski definition) is 1. The first-order valence-corrected chi connectivity index (χ1v) is 6.87. The van der Waals surface area contributed by atoms with Gasteiger partial charge >= 0.3 is 0 Å². The Hall–Kier alpha value is -2.47. The van der Waals surface area contributed by atoms with Crippen molar-refractivity contribution in [3.05, 3.63) is 47.9 Å². The molecule has 0 unspecified atom stereocenters. The van der Waals surface area contributed by atoms with Gasteiger partial charge in [-0.1, -0.05) is 12.1 Å². The molecule has 108 valence electrons. The van der Waals surface area contributed by atoms with E-state index in [1.165, 1.54) is 6.33 Å². The number of ether oxygens (including phenoxy) is 1. The number of hydrogen-bond acceptors (Lipinski definition) is 5. The first kappa shape index (κ1) is 13.5. The summed E-state index contributed by atoms with van der Waals surface area (Å²) < 4.78 is 7.07. The lowest BCUT2D eigenvalue weighted by molar-refractivity contribution is 0.134. The van der Waals surface area contributed by atoms with Gasteiger partial charge in [0.25, 0.3) is 5.78 Å². The molecule has 2 heterocycles. The van der Waals surface area contributed by atoms with Crippen LogP contribution >= 0.6 is 0 Å². The standard InChI is InChI=1S/C15H17N5O/c1-3-21-9-12-4-6-13(7-5-12)19-14-8-11(2)18-15-16-10-17-20(14)15/h4-8,10,19H,3,9H2,1-2H3. The summed E-state index contributed by atoms with van der Waals surface area (Å²) in [7, 11) is 0. The molecule has 0 aliphatic carbocycles. The minimum Gasteiger partial charge on any atom is -0.377 e. The first-order valence-electron chi connectivity index (χ1n) is 6.87. The van der Waals surface area contributed by atoms with Crippen molar-refractivity contribution in [2.75, 3.05) is 11.9 Å². The maximum atomic E-state index is 5.39. The van der Waals surface area contributed by atoms with E-state index in [1.807, 2.05) is 44.2 Å². The Morgan fingerprint density at radius 2 is 2.05 bits per heavy atom. The molecule has 3 aromatic rings. The number of aryl methyl sites for hydroxylation is 1. The van der Waals surface area contributed by atoms with Crippen LogP contribution in [0.4, 0.5) is 11.5 Å². The molecule has 1 N–H and O–H groups in total. The lowest BCUT2D eigenvalue weighted by Crippen LogP contribution is -2.02. The molecular weight excluding hydrogens is 266 g/mol. The predicted octanol–water partition coefficient (Wildman–Crippen LogP) is 2.71. The molecule has 1 aromatic carbocycles. The lowest BCUT2D eigenvalue weighted by atomic mass is 10.2. The van der Waals surface area contributed by atoms with E-state index in [9.17, 15) is 0 Å². The van der Waals surface area contributed by atoms with Gasteiger partial charge in [0.15, 0.2) is 0 Å². The van der Waals surface area contributed by atoms with Gasteiger partial charge in [-0.3, -0.25) is 0 Å². The molecular formula is C15H17N5O. The first-order chi connectivity index (χ1) is 10.3. The highest BCUT2D eigenvalue weighted by Crippen LogP contribution is 2.18. The molecule has 0 saturated carbocycles. The highest BCUT2D eigenvalue weighted by atomic mass is 16.5. The van der Waals surface area contributed by atoms with E-state index in [4.69, 9.17) is 4.74 Å². The highest BCUT2D eigenvalue weighted by molar-refractivity contribution is 5.58. The van der Waals surface area contributed by atoms with Gasteiger partial charge in [-0.05, 0) is 31.5 Å². The van der Waals surface area contributed by atoms with Crippen LogP contribution in [0.25, 0.3) is 5.78 Å². The number of fused-ring (bicyclic) bond motifs is 1. The molecule has 0 aliphatic heterocycles. The van der Waals surface area contributed by atoms with Crippen molar-refractivity contribution in [2.24, 2.45) is 0 Å². The number of aromatic nitrogens is 4. The fourth-order valence-electron chi connectivity index (χ4n) is 2.07. The maximum absolute atomic E-state index is 5.39. The Balaban J connectivity index is 1.83. The highest BCUT2D eigenvalue weighted by Gasteiger charge is 2.05. The minimum atomic E-state index is 0.588. The van der Waals surface area contributed by atoms with Crippen LogP contribution in [0.1, 0.15) is 18.2 Å². The van der Waals surface area contributed by atoms with E-state index in [-0.39, 0.29) is 0 Å². The van der Waals surface area contributed by atoms with Crippen molar-refractivity contribution < 1.29 is 4.74 Å². The zero-order chi connectivity index (χ0) is 14.7. The molecule has 0 radical (unpaired) electrons. The fourth-order valence-corrected chi connectivity index (χ4v) is 2.07. The van der Waals surface area contributed by atoms with Gasteiger partial charge in [0.1, 0.15) is 12.1 Å². The molecule has 0 fully saturated rings. The van der Waals surface area contributed by atoms with E-state index in [0.29, 0.717) is 12.4 Å². The van der Waals surface area contributed by atoms with E-state index >= 15 is 0 Å². The van der Waals surface area contributed by atoms with Crippen LogP contribution in [0, 0.1) is 6.92 Å². The fraction of sp³-hybridized carbons (Fsp3) is 0.267. The van der Waals surface area contributed by atoms with Gasteiger partial charge in [0, 0.05) is 24.1 Å². The number of nitrogens with one attached hydrogen (secondary N) is 1. The van der Waals surface area contributed by atoms with Crippen LogP contribution < -0.4 is 5.32 Å². The van der Waals surface area contributed by atoms with E-state index in [0.717, 1.165) is 29.4 Å². The summed E-state index contributed by atoms with van der Waals surface area (Å²) in [6.45, 7) is 5.29. The number of benzene rings is 1. The molecule has 6 nitrogen and oxygen atoms in total. The third kappa shape index (κ3) is 3.00. The molecule has 0 aliphatic rings. The molecule has 0 atom stereocenters. The Morgan fingerprint density at radius 1 is 1.24 bits per heavy atom. The Kier molecular flexibility index (Phi) is 3.79. The molecule has 3 rings (SSSR count). The summed E-state index contributed by atoms with van der Waals surface area (Å²) >= 11 is 0. The second-order valence-electron chi connectivity index (χ2n) is 4.71.